The van der Waals surface area contributed by atoms with E-state index >= 15 is 4.39 Å². The van der Waals surface area contributed by atoms with Gasteiger partial charge in [-0.2, -0.15) is 0 Å². The van der Waals surface area contributed by atoms with Crippen molar-refractivity contribution in [2.45, 2.75) is 64.4 Å². The van der Waals surface area contributed by atoms with E-state index in [4.69, 9.17) is 27.1 Å². The SMILES string of the molecule is CC(=O)NC(C)(C)COC(C)/N=C(\c1cc(Cl)c(-c2cc(O)cc3ccccc23)c(F)c1N)N1CC2CCC(C1)N2. The molecule has 8 nitrogen and oxygen atoms in total. The second kappa shape index (κ2) is 11.5. The average Bonchev–Trinajstić information content (AvgIpc) is 3.24. The lowest BCUT2D eigenvalue weighted by Crippen LogP contribution is -2.53. The van der Waals surface area contributed by atoms with Crippen molar-refractivity contribution in [2.75, 3.05) is 25.4 Å². The largest absolute Gasteiger partial charge is 0.508 e. The van der Waals surface area contributed by atoms with Crippen LogP contribution in [0.1, 0.15) is 46.1 Å². The number of phenolic OH excluding ortho intramolecular Hbond substituents is 1. The number of benzene rings is 3. The number of carbonyl (C=O) groups is 1. The van der Waals surface area contributed by atoms with E-state index in [1.54, 1.807) is 12.1 Å². The zero-order chi connectivity index (χ0) is 29.5. The molecule has 0 saturated carbocycles. The number of carbonyl (C=O) groups excluding carboxylic acids is 1. The molecule has 2 saturated heterocycles. The fourth-order valence-electron chi connectivity index (χ4n) is 5.91. The maximum Gasteiger partial charge on any atom is 0.217 e. The third-order valence-corrected chi connectivity index (χ3v) is 7.93. The van der Waals surface area contributed by atoms with Gasteiger partial charge in [-0.15, -0.1) is 0 Å². The number of halogens is 2. The van der Waals surface area contributed by atoms with Gasteiger partial charge >= 0.3 is 0 Å². The summed E-state index contributed by atoms with van der Waals surface area (Å²) in [6.07, 6.45) is 1.50. The normalized spacial score (nSPS) is 20.0. The number of hydrogen-bond acceptors (Lipinski definition) is 6. The third kappa shape index (κ3) is 6.27. The molecule has 2 aliphatic rings. The molecule has 2 bridgehead atoms. The van der Waals surface area contributed by atoms with Gasteiger partial charge in [-0.25, -0.2) is 9.38 Å². The summed E-state index contributed by atoms with van der Waals surface area (Å²) in [5, 5.41) is 18.5. The molecule has 3 aromatic carbocycles. The lowest BCUT2D eigenvalue weighted by molar-refractivity contribution is -0.121. The first-order valence-electron chi connectivity index (χ1n) is 13.9. The lowest BCUT2D eigenvalue weighted by Gasteiger charge is -2.36. The van der Waals surface area contributed by atoms with Crippen LogP contribution in [0.25, 0.3) is 21.9 Å². The van der Waals surface area contributed by atoms with Crippen molar-refractivity contribution in [1.29, 1.82) is 0 Å². The first kappa shape index (κ1) is 29.1. The number of aliphatic imine (C=N–C) groups is 1. The number of hydrogen-bond donors (Lipinski definition) is 4. The highest BCUT2D eigenvalue weighted by Gasteiger charge is 2.35. The van der Waals surface area contributed by atoms with Crippen molar-refractivity contribution in [3.05, 3.63) is 58.9 Å². The predicted octanol–water partition coefficient (Wildman–Crippen LogP) is 5.05. The number of aromatic hydroxyl groups is 1. The van der Waals surface area contributed by atoms with Crippen molar-refractivity contribution in [3.63, 3.8) is 0 Å². The number of piperazine rings is 1. The number of fused-ring (bicyclic) bond motifs is 3. The zero-order valence-electron chi connectivity index (χ0n) is 23.8. The minimum absolute atomic E-state index is 0.00326. The molecule has 5 rings (SSSR count). The fraction of sp³-hybridized carbons (Fsp3) is 0.419. The summed E-state index contributed by atoms with van der Waals surface area (Å²) in [7, 11) is 0. The van der Waals surface area contributed by atoms with Gasteiger partial charge in [0.25, 0.3) is 0 Å². The van der Waals surface area contributed by atoms with Gasteiger partial charge in [0.15, 0.2) is 5.82 Å². The van der Waals surface area contributed by atoms with Gasteiger partial charge in [0, 0.05) is 43.2 Å². The summed E-state index contributed by atoms with van der Waals surface area (Å²) in [4.78, 5) is 18.6. The van der Waals surface area contributed by atoms with Gasteiger partial charge in [-0.05, 0) is 68.1 Å². The molecule has 3 unspecified atom stereocenters. The molecule has 5 N–H and O–H groups in total. The highest BCUT2D eigenvalue weighted by atomic mass is 35.5. The van der Waals surface area contributed by atoms with Crippen LogP contribution in [0.3, 0.4) is 0 Å². The van der Waals surface area contributed by atoms with Crippen LogP contribution >= 0.6 is 11.6 Å². The predicted molar refractivity (Wildman–Crippen MR) is 162 cm³/mol. The molecule has 3 aromatic rings. The Kier molecular flexibility index (Phi) is 8.14. The first-order valence-corrected chi connectivity index (χ1v) is 14.3. The van der Waals surface area contributed by atoms with E-state index < -0.39 is 17.6 Å². The van der Waals surface area contributed by atoms with Crippen molar-refractivity contribution in [3.8, 4) is 16.9 Å². The van der Waals surface area contributed by atoms with Gasteiger partial charge in [0.1, 0.15) is 17.8 Å². The number of nitrogens with zero attached hydrogens (tertiary/aromatic N) is 2. The second-order valence-electron chi connectivity index (χ2n) is 11.7. The zero-order valence-corrected chi connectivity index (χ0v) is 24.6. The second-order valence-corrected chi connectivity index (χ2v) is 12.1. The number of anilines is 1. The molecule has 2 aliphatic heterocycles. The maximum absolute atomic E-state index is 16.3. The van der Waals surface area contributed by atoms with Crippen LogP contribution in [0.5, 0.6) is 5.75 Å². The van der Waals surface area contributed by atoms with Gasteiger partial charge in [-0.1, -0.05) is 35.9 Å². The third-order valence-electron chi connectivity index (χ3n) is 7.63. The van der Waals surface area contributed by atoms with E-state index in [-0.39, 0.29) is 34.5 Å². The van der Waals surface area contributed by atoms with E-state index in [1.807, 2.05) is 45.0 Å². The minimum Gasteiger partial charge on any atom is -0.508 e. The Morgan fingerprint density at radius 3 is 2.63 bits per heavy atom. The topological polar surface area (TPSA) is 112 Å². The summed E-state index contributed by atoms with van der Waals surface area (Å²) in [6, 6.07) is 12.8. The van der Waals surface area contributed by atoms with E-state index in [2.05, 4.69) is 15.5 Å². The van der Waals surface area contributed by atoms with Gasteiger partial charge in [0.2, 0.25) is 5.91 Å². The number of nitrogens with one attached hydrogen (secondary N) is 2. The molecule has 2 heterocycles. The molecular weight excluding hydrogens is 545 g/mol. The molecule has 0 spiro atoms. The number of rotatable bonds is 7. The Morgan fingerprint density at radius 2 is 1.95 bits per heavy atom. The van der Waals surface area contributed by atoms with Crippen LogP contribution in [-0.4, -0.2) is 65.3 Å². The maximum atomic E-state index is 16.3. The number of nitrogen functional groups attached to an aromatic ring is 1. The number of ether oxygens (including phenoxy) is 1. The Labute approximate surface area is 244 Å². The first-order chi connectivity index (χ1) is 19.4. The number of amides is 1. The van der Waals surface area contributed by atoms with Crippen LogP contribution in [0.15, 0.2) is 47.5 Å². The summed E-state index contributed by atoms with van der Waals surface area (Å²) >= 11 is 6.82. The number of nitrogens with two attached hydrogens (primary N) is 1. The molecule has 41 heavy (non-hydrogen) atoms. The van der Waals surface area contributed by atoms with Crippen molar-refractivity contribution >= 4 is 39.8 Å². The molecule has 0 aliphatic carbocycles. The van der Waals surface area contributed by atoms with Crippen molar-refractivity contribution in [2.24, 2.45) is 4.99 Å². The molecule has 3 atom stereocenters. The highest BCUT2D eigenvalue weighted by molar-refractivity contribution is 6.34. The van der Waals surface area contributed by atoms with Gasteiger partial charge < -0.3 is 31.1 Å². The molecule has 10 heteroatoms. The monoisotopic (exact) mass is 581 g/mol. The summed E-state index contributed by atoms with van der Waals surface area (Å²) in [5.74, 6) is -0.305. The fourth-order valence-corrected chi connectivity index (χ4v) is 6.20. The minimum atomic E-state index is -0.672. The Hall–Kier alpha value is -3.40. The number of phenols is 1. The number of amidine groups is 1. The lowest BCUT2D eigenvalue weighted by atomic mass is 9.95. The summed E-state index contributed by atoms with van der Waals surface area (Å²) < 4.78 is 22.3. The summed E-state index contributed by atoms with van der Waals surface area (Å²) in [6.45, 7) is 8.62. The van der Waals surface area contributed by atoms with Crippen LogP contribution < -0.4 is 16.4 Å². The van der Waals surface area contributed by atoms with Crippen molar-refractivity contribution < 1.29 is 19.0 Å². The molecule has 218 valence electrons. The molecule has 0 aromatic heterocycles. The van der Waals surface area contributed by atoms with E-state index in [0.717, 1.165) is 23.6 Å². The number of likely N-dealkylation sites (tertiary alicyclic amines) is 1. The van der Waals surface area contributed by atoms with Gasteiger partial charge in [-0.3, -0.25) is 4.79 Å². The smallest absolute Gasteiger partial charge is 0.217 e. The van der Waals surface area contributed by atoms with Crippen LogP contribution in [0.4, 0.5) is 10.1 Å². The molecule has 1 amide bonds. The van der Waals surface area contributed by atoms with Gasteiger partial charge in [0.05, 0.1) is 22.9 Å². The average molecular weight is 582 g/mol. The molecule has 2 fully saturated rings. The Balaban J connectivity index is 1.56. The van der Waals surface area contributed by atoms with Crippen molar-refractivity contribution in [1.82, 2.24) is 15.5 Å². The van der Waals surface area contributed by atoms with Crippen LogP contribution in [0, 0.1) is 5.82 Å². The standard InChI is InChI=1S/C31H37ClFN5O3/c1-17(39)37-31(3,4)16-41-18(2)35-30(38-14-20-9-10-21(15-38)36-20)25-13-26(32)27(28(33)29(25)34)24-12-22(40)11-19-7-5-6-8-23(19)24/h5-8,11-13,18,20-21,36,40H,9-10,14-16,34H2,1-4H3,(H,37,39)/b35-30+. The van der Waals surface area contributed by atoms with E-state index in [0.29, 0.717) is 42.1 Å². The van der Waals surface area contributed by atoms with Crippen LogP contribution in [0.2, 0.25) is 5.02 Å². The molecule has 0 radical (unpaired) electrons. The quantitative estimate of drug-likeness (QED) is 0.177. The van der Waals surface area contributed by atoms with Crippen LogP contribution in [-0.2, 0) is 9.53 Å². The van der Waals surface area contributed by atoms with E-state index in [9.17, 15) is 9.90 Å². The molecular formula is C31H37ClFN5O3. The van der Waals surface area contributed by atoms with E-state index in [1.165, 1.54) is 13.0 Å². The Bertz CT molecular complexity index is 1500. The highest BCUT2D eigenvalue weighted by Crippen LogP contribution is 2.41. The Morgan fingerprint density at radius 1 is 1.27 bits per heavy atom. The summed E-state index contributed by atoms with van der Waals surface area (Å²) in [5.41, 5.74) is 6.83.